The first-order chi connectivity index (χ1) is 8.81. The third-order valence-electron chi connectivity index (χ3n) is 5.12. The largest absolute Gasteiger partial charge is 0.378 e. The van der Waals surface area contributed by atoms with E-state index in [4.69, 9.17) is 15.3 Å². The third kappa shape index (κ3) is 2.57. The summed E-state index contributed by atoms with van der Waals surface area (Å²) < 4.78 is 11.7. The van der Waals surface area contributed by atoms with E-state index in [-0.39, 0.29) is 5.60 Å². The number of nitrogens with one attached hydrogen (secondary N) is 1. The van der Waals surface area contributed by atoms with E-state index in [1.54, 1.807) is 0 Å². The summed E-state index contributed by atoms with van der Waals surface area (Å²) in [5, 5.41) is 0. The number of nitrogens with two attached hydrogens (primary N) is 1. The number of ether oxygens (including phenoxy) is 2. The highest BCUT2D eigenvalue weighted by molar-refractivity contribution is 4.96. The fourth-order valence-corrected chi connectivity index (χ4v) is 3.84. The van der Waals surface area contributed by atoms with Gasteiger partial charge in [-0.1, -0.05) is 0 Å². The van der Waals surface area contributed by atoms with Crippen LogP contribution in [0.2, 0.25) is 0 Å². The molecule has 0 aromatic heterocycles. The lowest BCUT2D eigenvalue weighted by Crippen LogP contribution is -2.52. The standard InChI is InChI=1S/C14H26N2O2/c15-16-13(9-12-3-1-7-17-12)11-4-8-18-14(10-11)5-2-6-14/h11-13,16H,1-10,15H2. The first-order valence-electron chi connectivity index (χ1n) is 7.53. The van der Waals surface area contributed by atoms with Crippen molar-refractivity contribution >= 4 is 0 Å². The highest BCUT2D eigenvalue weighted by Gasteiger charge is 2.44. The van der Waals surface area contributed by atoms with Gasteiger partial charge in [-0.05, 0) is 57.3 Å². The molecule has 4 heteroatoms. The van der Waals surface area contributed by atoms with E-state index in [2.05, 4.69) is 5.43 Å². The van der Waals surface area contributed by atoms with Crippen molar-refractivity contribution in [3.05, 3.63) is 0 Å². The second-order valence-corrected chi connectivity index (χ2v) is 6.28. The van der Waals surface area contributed by atoms with Gasteiger partial charge in [0.05, 0.1) is 11.7 Å². The topological polar surface area (TPSA) is 56.5 Å². The maximum absolute atomic E-state index is 6.00. The highest BCUT2D eigenvalue weighted by Crippen LogP contribution is 2.45. The first-order valence-corrected chi connectivity index (χ1v) is 7.53. The van der Waals surface area contributed by atoms with Gasteiger partial charge >= 0.3 is 0 Å². The van der Waals surface area contributed by atoms with Gasteiger partial charge in [0.1, 0.15) is 0 Å². The van der Waals surface area contributed by atoms with Crippen molar-refractivity contribution in [3.63, 3.8) is 0 Å². The minimum absolute atomic E-state index is 0.217. The lowest BCUT2D eigenvalue weighted by atomic mass is 9.70. The molecule has 3 fully saturated rings. The zero-order chi connectivity index (χ0) is 12.4. The van der Waals surface area contributed by atoms with Crippen LogP contribution >= 0.6 is 0 Å². The zero-order valence-corrected chi connectivity index (χ0v) is 11.2. The minimum atomic E-state index is 0.217. The van der Waals surface area contributed by atoms with Crippen LogP contribution in [0.1, 0.15) is 51.4 Å². The van der Waals surface area contributed by atoms with Crippen molar-refractivity contribution in [2.75, 3.05) is 13.2 Å². The van der Waals surface area contributed by atoms with Gasteiger partial charge in [0.25, 0.3) is 0 Å². The average Bonchev–Trinajstić information content (AvgIpc) is 2.87. The molecule has 4 nitrogen and oxygen atoms in total. The molecule has 0 aromatic carbocycles. The molecule has 2 aliphatic heterocycles. The molecule has 3 atom stereocenters. The van der Waals surface area contributed by atoms with E-state index in [9.17, 15) is 0 Å². The Kier molecular flexibility index (Phi) is 3.89. The van der Waals surface area contributed by atoms with E-state index in [0.717, 1.165) is 26.1 Å². The Hall–Kier alpha value is -0.160. The van der Waals surface area contributed by atoms with Crippen molar-refractivity contribution in [2.45, 2.75) is 69.1 Å². The zero-order valence-electron chi connectivity index (χ0n) is 11.2. The summed E-state index contributed by atoms with van der Waals surface area (Å²) in [7, 11) is 0. The Labute approximate surface area is 110 Å². The molecule has 3 N–H and O–H groups in total. The molecule has 0 amide bonds. The second-order valence-electron chi connectivity index (χ2n) is 6.28. The maximum atomic E-state index is 6.00. The number of hydrogen-bond acceptors (Lipinski definition) is 4. The van der Waals surface area contributed by atoms with Gasteiger partial charge in [-0.2, -0.15) is 0 Å². The summed E-state index contributed by atoms with van der Waals surface area (Å²) >= 11 is 0. The molecule has 0 aromatic rings. The van der Waals surface area contributed by atoms with Gasteiger partial charge in [0.2, 0.25) is 0 Å². The van der Waals surface area contributed by atoms with Crippen LogP contribution in [0.3, 0.4) is 0 Å². The molecule has 0 radical (unpaired) electrons. The predicted molar refractivity (Wildman–Crippen MR) is 70.0 cm³/mol. The van der Waals surface area contributed by atoms with Gasteiger partial charge in [0, 0.05) is 19.3 Å². The van der Waals surface area contributed by atoms with Crippen LogP contribution in [0.25, 0.3) is 0 Å². The molecule has 18 heavy (non-hydrogen) atoms. The molecule has 3 unspecified atom stereocenters. The summed E-state index contributed by atoms with van der Waals surface area (Å²) in [5.41, 5.74) is 3.27. The highest BCUT2D eigenvalue weighted by atomic mass is 16.5. The molecule has 1 saturated carbocycles. The molecule has 104 valence electrons. The summed E-state index contributed by atoms with van der Waals surface area (Å²) in [6.45, 7) is 1.84. The maximum Gasteiger partial charge on any atom is 0.0685 e. The van der Waals surface area contributed by atoms with Crippen molar-refractivity contribution in [1.29, 1.82) is 0 Å². The van der Waals surface area contributed by atoms with E-state index in [0.29, 0.717) is 18.1 Å². The normalized spacial score (nSPS) is 36.5. The smallest absolute Gasteiger partial charge is 0.0685 e. The number of hydrogen-bond donors (Lipinski definition) is 2. The Bertz CT molecular complexity index is 275. The van der Waals surface area contributed by atoms with E-state index in [1.165, 1.54) is 38.5 Å². The fraction of sp³-hybridized carbons (Fsp3) is 1.00. The molecule has 3 rings (SSSR count). The van der Waals surface area contributed by atoms with Crippen molar-refractivity contribution in [2.24, 2.45) is 11.8 Å². The Morgan fingerprint density at radius 3 is 2.72 bits per heavy atom. The SMILES string of the molecule is NNC(CC1CCCO1)C1CCOC2(CCC2)C1. The molecule has 2 heterocycles. The molecule has 0 bridgehead atoms. The summed E-state index contributed by atoms with van der Waals surface area (Å²) in [6.07, 6.45) is 10.1. The first kappa shape index (κ1) is 12.9. The van der Waals surface area contributed by atoms with Gasteiger partial charge in [0.15, 0.2) is 0 Å². The second kappa shape index (κ2) is 5.45. The van der Waals surface area contributed by atoms with Crippen LogP contribution in [0.4, 0.5) is 0 Å². The fourth-order valence-electron chi connectivity index (χ4n) is 3.84. The van der Waals surface area contributed by atoms with Crippen LogP contribution in [0.15, 0.2) is 0 Å². The lowest BCUT2D eigenvalue weighted by molar-refractivity contribution is -0.148. The molecule has 1 spiro atoms. The Morgan fingerprint density at radius 2 is 2.11 bits per heavy atom. The van der Waals surface area contributed by atoms with Crippen molar-refractivity contribution < 1.29 is 9.47 Å². The van der Waals surface area contributed by atoms with E-state index < -0.39 is 0 Å². The van der Waals surface area contributed by atoms with E-state index in [1.807, 2.05) is 0 Å². The summed E-state index contributed by atoms with van der Waals surface area (Å²) in [5.74, 6) is 6.44. The molecular formula is C14H26N2O2. The van der Waals surface area contributed by atoms with Crippen molar-refractivity contribution in [3.8, 4) is 0 Å². The quantitative estimate of drug-likeness (QED) is 0.592. The third-order valence-corrected chi connectivity index (χ3v) is 5.12. The van der Waals surface area contributed by atoms with Gasteiger partial charge in [-0.15, -0.1) is 0 Å². The minimum Gasteiger partial charge on any atom is -0.378 e. The Balaban J connectivity index is 1.56. The number of rotatable bonds is 4. The molecule has 2 saturated heterocycles. The lowest BCUT2D eigenvalue weighted by Gasteiger charge is -2.48. The average molecular weight is 254 g/mol. The van der Waals surface area contributed by atoms with Crippen LogP contribution in [0.5, 0.6) is 0 Å². The van der Waals surface area contributed by atoms with Crippen LogP contribution < -0.4 is 11.3 Å². The van der Waals surface area contributed by atoms with Gasteiger partial charge < -0.3 is 9.47 Å². The molecule has 1 aliphatic carbocycles. The van der Waals surface area contributed by atoms with E-state index >= 15 is 0 Å². The number of hydrazine groups is 1. The Morgan fingerprint density at radius 1 is 1.22 bits per heavy atom. The summed E-state index contributed by atoms with van der Waals surface area (Å²) in [6, 6.07) is 0.398. The van der Waals surface area contributed by atoms with Gasteiger partial charge in [-0.25, -0.2) is 0 Å². The summed E-state index contributed by atoms with van der Waals surface area (Å²) in [4.78, 5) is 0. The predicted octanol–water partition coefficient (Wildman–Crippen LogP) is 1.74. The monoisotopic (exact) mass is 254 g/mol. The molecular weight excluding hydrogens is 228 g/mol. The van der Waals surface area contributed by atoms with Crippen molar-refractivity contribution in [1.82, 2.24) is 5.43 Å². The van der Waals surface area contributed by atoms with Crippen LogP contribution in [-0.4, -0.2) is 31.0 Å². The molecule has 3 aliphatic rings. The van der Waals surface area contributed by atoms with Gasteiger partial charge in [-0.3, -0.25) is 11.3 Å². The van der Waals surface area contributed by atoms with Crippen LogP contribution in [0, 0.1) is 5.92 Å². The van der Waals surface area contributed by atoms with Crippen LogP contribution in [-0.2, 0) is 9.47 Å².